The van der Waals surface area contributed by atoms with Gasteiger partial charge in [0.1, 0.15) is 12.4 Å². The van der Waals surface area contributed by atoms with Crippen molar-refractivity contribution in [3.8, 4) is 5.75 Å². The molecule has 0 aromatic heterocycles. The van der Waals surface area contributed by atoms with Gasteiger partial charge in [-0.3, -0.25) is 0 Å². The first-order valence-electron chi connectivity index (χ1n) is 8.26. The SMILES string of the molecule is CCCNCc1cccc(OCCOCC(C)CCC)c1. The average molecular weight is 293 g/mol. The van der Waals surface area contributed by atoms with Crippen molar-refractivity contribution >= 4 is 0 Å². The predicted octanol–water partition coefficient (Wildman–Crippen LogP) is 4.02. The van der Waals surface area contributed by atoms with E-state index in [1.165, 1.54) is 18.4 Å². The molecule has 0 amide bonds. The molecule has 0 fully saturated rings. The summed E-state index contributed by atoms with van der Waals surface area (Å²) in [6.45, 7) is 10.7. The number of hydrogen-bond donors (Lipinski definition) is 1. The molecule has 120 valence electrons. The summed E-state index contributed by atoms with van der Waals surface area (Å²) in [6, 6.07) is 8.27. The molecule has 0 heterocycles. The fourth-order valence-electron chi connectivity index (χ4n) is 2.23. The van der Waals surface area contributed by atoms with Crippen molar-refractivity contribution in [2.45, 2.75) is 46.6 Å². The van der Waals surface area contributed by atoms with Gasteiger partial charge >= 0.3 is 0 Å². The van der Waals surface area contributed by atoms with Crippen molar-refractivity contribution in [3.63, 3.8) is 0 Å². The van der Waals surface area contributed by atoms with Crippen LogP contribution in [0.5, 0.6) is 5.75 Å². The Kier molecular flexibility index (Phi) is 9.92. The Morgan fingerprint density at radius 1 is 1.14 bits per heavy atom. The zero-order valence-corrected chi connectivity index (χ0v) is 13.9. The van der Waals surface area contributed by atoms with Crippen molar-refractivity contribution < 1.29 is 9.47 Å². The highest BCUT2D eigenvalue weighted by Gasteiger charge is 2.01. The summed E-state index contributed by atoms with van der Waals surface area (Å²) in [5.41, 5.74) is 1.26. The van der Waals surface area contributed by atoms with Crippen LogP contribution in [0.4, 0.5) is 0 Å². The first-order valence-corrected chi connectivity index (χ1v) is 8.26. The molecule has 1 rings (SSSR count). The highest BCUT2D eigenvalue weighted by Crippen LogP contribution is 2.13. The molecule has 1 aromatic rings. The van der Waals surface area contributed by atoms with E-state index in [1.807, 2.05) is 12.1 Å². The maximum absolute atomic E-state index is 5.74. The van der Waals surface area contributed by atoms with Crippen LogP contribution in [0, 0.1) is 5.92 Å². The highest BCUT2D eigenvalue weighted by atomic mass is 16.5. The van der Waals surface area contributed by atoms with E-state index in [0.717, 1.165) is 31.9 Å². The molecule has 1 N–H and O–H groups in total. The number of hydrogen-bond acceptors (Lipinski definition) is 3. The van der Waals surface area contributed by atoms with E-state index in [4.69, 9.17) is 9.47 Å². The Morgan fingerprint density at radius 3 is 2.76 bits per heavy atom. The minimum atomic E-state index is 0.616. The van der Waals surface area contributed by atoms with Gasteiger partial charge in [0.25, 0.3) is 0 Å². The van der Waals surface area contributed by atoms with Crippen molar-refractivity contribution in [1.29, 1.82) is 0 Å². The standard InChI is InChI=1S/C18H31NO2/c1-4-7-16(3)15-20-11-12-21-18-9-6-8-17(13-18)14-19-10-5-2/h6,8-9,13,16,19H,4-5,7,10-12,14-15H2,1-3H3. The van der Waals surface area contributed by atoms with Gasteiger partial charge in [-0.25, -0.2) is 0 Å². The van der Waals surface area contributed by atoms with Crippen molar-refractivity contribution in [2.24, 2.45) is 5.92 Å². The van der Waals surface area contributed by atoms with Crippen LogP contribution in [-0.4, -0.2) is 26.4 Å². The normalized spacial score (nSPS) is 12.3. The van der Waals surface area contributed by atoms with E-state index in [-0.39, 0.29) is 0 Å². The number of rotatable bonds is 12. The quantitative estimate of drug-likeness (QED) is 0.590. The molecule has 0 aliphatic rings. The molecule has 0 aliphatic carbocycles. The largest absolute Gasteiger partial charge is 0.491 e. The van der Waals surface area contributed by atoms with E-state index in [1.54, 1.807) is 0 Å². The zero-order valence-electron chi connectivity index (χ0n) is 13.9. The summed E-state index contributed by atoms with van der Waals surface area (Å²) < 4.78 is 11.4. The molecular formula is C18H31NO2. The fraction of sp³-hybridized carbons (Fsp3) is 0.667. The van der Waals surface area contributed by atoms with Gasteiger partial charge in [0.2, 0.25) is 0 Å². The summed E-state index contributed by atoms with van der Waals surface area (Å²) in [5.74, 6) is 1.57. The van der Waals surface area contributed by atoms with Crippen LogP contribution >= 0.6 is 0 Å². The number of nitrogens with one attached hydrogen (secondary N) is 1. The topological polar surface area (TPSA) is 30.5 Å². The molecule has 3 heteroatoms. The van der Waals surface area contributed by atoms with Gasteiger partial charge in [0.05, 0.1) is 6.61 Å². The smallest absolute Gasteiger partial charge is 0.119 e. The van der Waals surface area contributed by atoms with Crippen molar-refractivity contribution in [2.75, 3.05) is 26.4 Å². The minimum Gasteiger partial charge on any atom is -0.491 e. The monoisotopic (exact) mass is 293 g/mol. The summed E-state index contributed by atoms with van der Waals surface area (Å²) in [5, 5.41) is 3.40. The van der Waals surface area contributed by atoms with E-state index in [2.05, 4.69) is 38.2 Å². The van der Waals surface area contributed by atoms with Crippen LogP contribution in [0.2, 0.25) is 0 Å². The van der Waals surface area contributed by atoms with E-state index in [9.17, 15) is 0 Å². The maximum Gasteiger partial charge on any atom is 0.119 e. The van der Waals surface area contributed by atoms with Gasteiger partial charge in [-0.2, -0.15) is 0 Å². The summed E-state index contributed by atoms with van der Waals surface area (Å²) >= 11 is 0. The van der Waals surface area contributed by atoms with Gasteiger partial charge in [-0.05, 0) is 43.0 Å². The molecule has 1 atom stereocenters. The Balaban J connectivity index is 2.18. The Morgan fingerprint density at radius 2 is 2.00 bits per heavy atom. The second kappa shape index (κ2) is 11.6. The molecule has 0 saturated carbocycles. The molecule has 21 heavy (non-hydrogen) atoms. The first-order chi connectivity index (χ1) is 10.3. The zero-order chi connectivity index (χ0) is 15.3. The molecule has 1 unspecified atom stereocenters. The van der Waals surface area contributed by atoms with Gasteiger partial charge < -0.3 is 14.8 Å². The average Bonchev–Trinajstić information content (AvgIpc) is 2.48. The van der Waals surface area contributed by atoms with Crippen LogP contribution in [0.15, 0.2) is 24.3 Å². The molecule has 0 aliphatic heterocycles. The van der Waals surface area contributed by atoms with Crippen molar-refractivity contribution in [1.82, 2.24) is 5.32 Å². The van der Waals surface area contributed by atoms with Crippen LogP contribution in [0.3, 0.4) is 0 Å². The molecule has 0 saturated heterocycles. The van der Waals surface area contributed by atoms with Gasteiger partial charge in [-0.15, -0.1) is 0 Å². The molecule has 0 radical (unpaired) electrons. The second-order valence-electron chi connectivity index (χ2n) is 5.64. The van der Waals surface area contributed by atoms with Crippen LogP contribution < -0.4 is 10.1 Å². The molecule has 1 aromatic carbocycles. The van der Waals surface area contributed by atoms with E-state index >= 15 is 0 Å². The number of benzene rings is 1. The molecule has 0 bridgehead atoms. The maximum atomic E-state index is 5.74. The summed E-state index contributed by atoms with van der Waals surface area (Å²) in [6.07, 6.45) is 3.61. The first kappa shape index (κ1) is 18.0. The Labute approximate surface area is 130 Å². The van der Waals surface area contributed by atoms with Crippen LogP contribution in [0.25, 0.3) is 0 Å². The van der Waals surface area contributed by atoms with Crippen LogP contribution in [0.1, 0.15) is 45.6 Å². The van der Waals surface area contributed by atoms with Crippen molar-refractivity contribution in [3.05, 3.63) is 29.8 Å². The van der Waals surface area contributed by atoms with Gasteiger partial charge in [0, 0.05) is 13.2 Å². The third-order valence-electron chi connectivity index (χ3n) is 3.33. The lowest BCUT2D eigenvalue weighted by Crippen LogP contribution is -2.14. The van der Waals surface area contributed by atoms with Crippen LogP contribution in [-0.2, 0) is 11.3 Å². The molecular weight excluding hydrogens is 262 g/mol. The lowest BCUT2D eigenvalue weighted by Gasteiger charge is -2.12. The third kappa shape index (κ3) is 8.74. The fourth-order valence-corrected chi connectivity index (χ4v) is 2.23. The summed E-state index contributed by atoms with van der Waals surface area (Å²) in [4.78, 5) is 0. The third-order valence-corrected chi connectivity index (χ3v) is 3.33. The van der Waals surface area contributed by atoms with E-state index < -0.39 is 0 Å². The van der Waals surface area contributed by atoms with Gasteiger partial charge in [0.15, 0.2) is 0 Å². The second-order valence-corrected chi connectivity index (χ2v) is 5.64. The summed E-state index contributed by atoms with van der Waals surface area (Å²) in [7, 11) is 0. The van der Waals surface area contributed by atoms with E-state index in [0.29, 0.717) is 19.1 Å². The predicted molar refractivity (Wildman–Crippen MR) is 88.8 cm³/mol. The molecule has 0 spiro atoms. The minimum absolute atomic E-state index is 0.616. The Bertz CT molecular complexity index is 368. The lowest BCUT2D eigenvalue weighted by atomic mass is 10.1. The highest BCUT2D eigenvalue weighted by molar-refractivity contribution is 5.28. The Hall–Kier alpha value is -1.06. The number of ether oxygens (including phenoxy) is 2. The molecule has 3 nitrogen and oxygen atoms in total. The van der Waals surface area contributed by atoms with Gasteiger partial charge in [-0.1, -0.05) is 39.3 Å². The lowest BCUT2D eigenvalue weighted by molar-refractivity contribution is 0.0758.